The fourth-order valence-corrected chi connectivity index (χ4v) is 3.68. The van der Waals surface area contributed by atoms with Crippen molar-refractivity contribution in [3.63, 3.8) is 0 Å². The highest BCUT2D eigenvalue weighted by Gasteiger charge is 2.22. The highest BCUT2D eigenvalue weighted by atomic mass is 32.1. The molecule has 1 aromatic heterocycles. The summed E-state index contributed by atoms with van der Waals surface area (Å²) in [5.41, 5.74) is 0. The average molecular weight is 369 g/mol. The number of rotatable bonds is 5. The van der Waals surface area contributed by atoms with E-state index in [4.69, 9.17) is 14.5 Å². The molecule has 0 saturated carbocycles. The molecule has 1 aromatic rings. The molecule has 2 aliphatic heterocycles. The van der Waals surface area contributed by atoms with E-state index in [2.05, 4.69) is 38.3 Å². The number of hydrogen-bond acceptors (Lipinski definition) is 7. The number of aromatic nitrogens is 2. The van der Waals surface area contributed by atoms with Gasteiger partial charge in [-0.25, -0.2) is 4.98 Å². The molecule has 1 unspecified atom stereocenters. The summed E-state index contributed by atoms with van der Waals surface area (Å²) in [7, 11) is 0. The summed E-state index contributed by atoms with van der Waals surface area (Å²) in [6.07, 6.45) is 0.957. The molecule has 2 fully saturated rings. The molecular formula is C16H28N6O2S. The second-order valence-electron chi connectivity index (χ2n) is 6.08. The Morgan fingerprint density at radius 1 is 1.28 bits per heavy atom. The van der Waals surface area contributed by atoms with Crippen LogP contribution in [0.15, 0.2) is 4.99 Å². The van der Waals surface area contributed by atoms with Gasteiger partial charge in [0.2, 0.25) is 5.13 Å². The molecule has 3 rings (SSSR count). The van der Waals surface area contributed by atoms with E-state index in [0.29, 0.717) is 26.4 Å². The van der Waals surface area contributed by atoms with Crippen molar-refractivity contribution in [3.05, 3.63) is 5.82 Å². The Labute approximate surface area is 153 Å². The molecule has 0 aromatic carbocycles. The minimum absolute atomic E-state index is 0.0672. The number of hydrogen-bond donors (Lipinski definition) is 1. The molecular weight excluding hydrogens is 340 g/mol. The van der Waals surface area contributed by atoms with Crippen molar-refractivity contribution >= 4 is 22.6 Å². The molecule has 1 N–H and O–H groups in total. The summed E-state index contributed by atoms with van der Waals surface area (Å²) < 4.78 is 15.5. The molecule has 0 amide bonds. The summed E-state index contributed by atoms with van der Waals surface area (Å²) in [6.45, 7) is 11.4. The summed E-state index contributed by atoms with van der Waals surface area (Å²) in [6, 6.07) is 0. The van der Waals surface area contributed by atoms with Gasteiger partial charge in [0.05, 0.1) is 26.4 Å². The zero-order valence-corrected chi connectivity index (χ0v) is 15.9. The smallest absolute Gasteiger partial charge is 0.205 e. The van der Waals surface area contributed by atoms with Crippen LogP contribution >= 0.6 is 11.5 Å². The average Bonchev–Trinajstić information content (AvgIpc) is 3.15. The lowest BCUT2D eigenvalue weighted by Gasteiger charge is -2.36. The van der Waals surface area contributed by atoms with Crippen LogP contribution in [-0.2, 0) is 15.9 Å². The standard InChI is InChI=1S/C16H28N6O2S/c1-3-14-19-16(25-20-14)22-7-5-21(6-8-22)15(17-4-2)18-11-13-12-23-9-10-24-13/h13H,3-12H2,1-2H3,(H,17,18). The number of guanidine groups is 1. The van der Waals surface area contributed by atoms with Crippen LogP contribution in [0, 0.1) is 0 Å². The molecule has 3 heterocycles. The Bertz CT molecular complexity index is 553. The maximum absolute atomic E-state index is 5.68. The van der Waals surface area contributed by atoms with Gasteiger partial charge in [-0.1, -0.05) is 6.92 Å². The van der Waals surface area contributed by atoms with E-state index >= 15 is 0 Å². The summed E-state index contributed by atoms with van der Waals surface area (Å²) in [4.78, 5) is 14.0. The lowest BCUT2D eigenvalue weighted by molar-refractivity contribution is -0.0833. The highest BCUT2D eigenvalue weighted by molar-refractivity contribution is 7.09. The minimum atomic E-state index is 0.0672. The van der Waals surface area contributed by atoms with E-state index in [1.165, 1.54) is 11.5 Å². The molecule has 140 valence electrons. The summed E-state index contributed by atoms with van der Waals surface area (Å²) >= 11 is 1.50. The molecule has 25 heavy (non-hydrogen) atoms. The van der Waals surface area contributed by atoms with Gasteiger partial charge >= 0.3 is 0 Å². The first-order valence-electron chi connectivity index (χ1n) is 9.10. The summed E-state index contributed by atoms with van der Waals surface area (Å²) in [5, 5.41) is 4.43. The maximum Gasteiger partial charge on any atom is 0.205 e. The van der Waals surface area contributed by atoms with Crippen molar-refractivity contribution < 1.29 is 9.47 Å². The Morgan fingerprint density at radius 3 is 2.76 bits per heavy atom. The topological polar surface area (TPSA) is 75.1 Å². The fraction of sp³-hybridized carbons (Fsp3) is 0.812. The first-order valence-corrected chi connectivity index (χ1v) is 9.87. The lowest BCUT2D eigenvalue weighted by atomic mass is 10.3. The van der Waals surface area contributed by atoms with E-state index in [1.54, 1.807) is 0 Å². The van der Waals surface area contributed by atoms with E-state index in [9.17, 15) is 0 Å². The molecule has 0 aliphatic carbocycles. The predicted molar refractivity (Wildman–Crippen MR) is 99.6 cm³/mol. The Balaban J connectivity index is 1.54. The van der Waals surface area contributed by atoms with Gasteiger partial charge in [-0.05, 0) is 6.92 Å². The molecule has 1 atom stereocenters. The third-order valence-electron chi connectivity index (χ3n) is 4.29. The van der Waals surface area contributed by atoms with Crippen LogP contribution in [0.4, 0.5) is 5.13 Å². The van der Waals surface area contributed by atoms with Crippen LogP contribution in [0.1, 0.15) is 19.7 Å². The van der Waals surface area contributed by atoms with Gasteiger partial charge in [0.25, 0.3) is 0 Å². The van der Waals surface area contributed by atoms with Gasteiger partial charge in [-0.2, -0.15) is 4.37 Å². The third kappa shape index (κ3) is 5.02. The number of anilines is 1. The summed E-state index contributed by atoms with van der Waals surface area (Å²) in [5.74, 6) is 1.90. The second kappa shape index (κ2) is 9.30. The van der Waals surface area contributed by atoms with Gasteiger partial charge in [-0.15, -0.1) is 0 Å². The van der Waals surface area contributed by atoms with Crippen molar-refractivity contribution in [1.29, 1.82) is 0 Å². The molecule has 2 saturated heterocycles. The minimum Gasteiger partial charge on any atom is -0.376 e. The van der Waals surface area contributed by atoms with Crippen LogP contribution in [-0.4, -0.2) is 85.4 Å². The molecule has 2 aliphatic rings. The van der Waals surface area contributed by atoms with E-state index in [-0.39, 0.29) is 6.10 Å². The van der Waals surface area contributed by atoms with Gasteiger partial charge in [0, 0.05) is 50.7 Å². The van der Waals surface area contributed by atoms with Crippen LogP contribution in [0.3, 0.4) is 0 Å². The second-order valence-corrected chi connectivity index (χ2v) is 6.81. The Hall–Kier alpha value is -1.45. The Kier molecular flexibility index (Phi) is 6.83. The number of aryl methyl sites for hydroxylation is 1. The van der Waals surface area contributed by atoms with Crippen LogP contribution in [0.5, 0.6) is 0 Å². The van der Waals surface area contributed by atoms with Crippen LogP contribution in [0.25, 0.3) is 0 Å². The van der Waals surface area contributed by atoms with Gasteiger partial charge in [0.1, 0.15) is 11.9 Å². The van der Waals surface area contributed by atoms with Crippen molar-refractivity contribution in [2.75, 3.05) is 64.0 Å². The number of aliphatic imine (C=N–C) groups is 1. The lowest BCUT2D eigenvalue weighted by Crippen LogP contribution is -2.52. The fourth-order valence-electron chi connectivity index (χ4n) is 2.88. The molecule has 9 heteroatoms. The highest BCUT2D eigenvalue weighted by Crippen LogP contribution is 2.19. The molecule has 0 radical (unpaired) electrons. The van der Waals surface area contributed by atoms with Crippen molar-refractivity contribution in [1.82, 2.24) is 19.6 Å². The molecule has 8 nitrogen and oxygen atoms in total. The van der Waals surface area contributed by atoms with Crippen molar-refractivity contribution in [3.8, 4) is 0 Å². The number of ether oxygens (including phenoxy) is 2. The van der Waals surface area contributed by atoms with Crippen molar-refractivity contribution in [2.24, 2.45) is 4.99 Å². The quantitative estimate of drug-likeness (QED) is 0.603. The third-order valence-corrected chi connectivity index (χ3v) is 5.10. The normalized spacial score (nSPS) is 22.3. The SMILES string of the molecule is CCNC(=NCC1COCCO1)N1CCN(c2nc(CC)ns2)CC1. The molecule has 0 bridgehead atoms. The van der Waals surface area contributed by atoms with Crippen LogP contribution < -0.4 is 10.2 Å². The van der Waals surface area contributed by atoms with Gasteiger partial charge in [-0.3, -0.25) is 4.99 Å². The van der Waals surface area contributed by atoms with Crippen LogP contribution in [0.2, 0.25) is 0 Å². The van der Waals surface area contributed by atoms with Gasteiger partial charge < -0.3 is 24.6 Å². The van der Waals surface area contributed by atoms with E-state index < -0.39 is 0 Å². The zero-order valence-electron chi connectivity index (χ0n) is 15.1. The van der Waals surface area contributed by atoms with Crippen molar-refractivity contribution in [2.45, 2.75) is 26.4 Å². The van der Waals surface area contributed by atoms with E-state index in [1.807, 2.05) is 0 Å². The number of nitrogens with zero attached hydrogens (tertiary/aromatic N) is 5. The largest absolute Gasteiger partial charge is 0.376 e. The number of nitrogens with one attached hydrogen (secondary N) is 1. The first kappa shape index (κ1) is 18.3. The van der Waals surface area contributed by atoms with Gasteiger partial charge in [0.15, 0.2) is 5.96 Å². The molecule has 0 spiro atoms. The number of piperazine rings is 1. The Morgan fingerprint density at radius 2 is 2.12 bits per heavy atom. The first-order chi connectivity index (χ1) is 12.3. The predicted octanol–water partition coefficient (Wildman–Crippen LogP) is 0.603. The maximum atomic E-state index is 5.68. The van der Waals surface area contributed by atoms with E-state index in [0.717, 1.165) is 56.1 Å². The zero-order chi connectivity index (χ0) is 17.5. The monoisotopic (exact) mass is 368 g/mol.